The van der Waals surface area contributed by atoms with Gasteiger partial charge in [0.2, 0.25) is 0 Å². The third-order valence-electron chi connectivity index (χ3n) is 4.53. The molecule has 0 saturated carbocycles. The first-order chi connectivity index (χ1) is 12.7. The van der Waals surface area contributed by atoms with Crippen molar-refractivity contribution in [3.63, 3.8) is 0 Å². The van der Waals surface area contributed by atoms with Crippen molar-refractivity contribution in [3.05, 3.63) is 59.7 Å². The second-order valence-electron chi connectivity index (χ2n) is 6.33. The number of amides is 1. The Balaban J connectivity index is 1.65. The van der Waals surface area contributed by atoms with Crippen molar-refractivity contribution in [1.82, 2.24) is 4.90 Å². The van der Waals surface area contributed by atoms with Gasteiger partial charge in [-0.05, 0) is 36.8 Å². The van der Waals surface area contributed by atoms with E-state index >= 15 is 0 Å². The van der Waals surface area contributed by atoms with Gasteiger partial charge in [-0.3, -0.25) is 9.59 Å². The third-order valence-corrected chi connectivity index (χ3v) is 4.53. The standard InChI is InChI=1S/C21H24N2O3/c1-2-14-26-20-9-8-17(15-18(20)16-24)21(25)23-12-10-22(11-13-23)19-6-4-3-5-7-19/h3-9,15-16H,2,10-14H2,1H3. The number of hydrogen-bond donors (Lipinski definition) is 0. The van der Waals surface area contributed by atoms with E-state index < -0.39 is 0 Å². The molecular weight excluding hydrogens is 328 g/mol. The van der Waals surface area contributed by atoms with Crippen molar-refractivity contribution in [1.29, 1.82) is 0 Å². The second-order valence-corrected chi connectivity index (χ2v) is 6.33. The van der Waals surface area contributed by atoms with Gasteiger partial charge in [0.05, 0.1) is 12.2 Å². The highest BCUT2D eigenvalue weighted by atomic mass is 16.5. The largest absolute Gasteiger partial charge is 0.493 e. The van der Waals surface area contributed by atoms with Crippen molar-refractivity contribution in [2.75, 3.05) is 37.7 Å². The maximum Gasteiger partial charge on any atom is 0.254 e. The summed E-state index contributed by atoms with van der Waals surface area (Å²) in [7, 11) is 0. The second kappa shape index (κ2) is 8.52. The summed E-state index contributed by atoms with van der Waals surface area (Å²) >= 11 is 0. The number of hydrogen-bond acceptors (Lipinski definition) is 4. The molecule has 0 atom stereocenters. The molecule has 0 unspecified atom stereocenters. The highest BCUT2D eigenvalue weighted by Gasteiger charge is 2.23. The van der Waals surface area contributed by atoms with Crippen molar-refractivity contribution >= 4 is 17.9 Å². The molecule has 1 aliphatic rings. The molecule has 0 aliphatic carbocycles. The van der Waals surface area contributed by atoms with Crippen molar-refractivity contribution in [2.24, 2.45) is 0 Å². The van der Waals surface area contributed by atoms with Crippen LogP contribution in [0.3, 0.4) is 0 Å². The van der Waals surface area contributed by atoms with Gasteiger partial charge in [-0.1, -0.05) is 25.1 Å². The Hall–Kier alpha value is -2.82. The summed E-state index contributed by atoms with van der Waals surface area (Å²) < 4.78 is 5.56. The lowest BCUT2D eigenvalue weighted by Gasteiger charge is -2.36. The van der Waals surface area contributed by atoms with Crippen LogP contribution in [0.1, 0.15) is 34.1 Å². The van der Waals surface area contributed by atoms with Crippen molar-refractivity contribution < 1.29 is 14.3 Å². The average molecular weight is 352 g/mol. The molecule has 0 spiro atoms. The predicted molar refractivity (Wildman–Crippen MR) is 102 cm³/mol. The SMILES string of the molecule is CCCOc1ccc(C(=O)N2CCN(c3ccccc3)CC2)cc1C=O. The Kier molecular flexibility index (Phi) is 5.89. The minimum absolute atomic E-state index is 0.0390. The molecule has 5 heteroatoms. The van der Waals surface area contributed by atoms with E-state index in [-0.39, 0.29) is 5.91 Å². The molecule has 2 aromatic rings. The van der Waals surface area contributed by atoms with Gasteiger partial charge in [-0.2, -0.15) is 0 Å². The van der Waals surface area contributed by atoms with Gasteiger partial charge in [0, 0.05) is 37.4 Å². The van der Waals surface area contributed by atoms with E-state index in [1.54, 1.807) is 18.2 Å². The van der Waals surface area contributed by atoms with Gasteiger partial charge < -0.3 is 14.5 Å². The summed E-state index contributed by atoms with van der Waals surface area (Å²) in [6, 6.07) is 15.3. The zero-order valence-corrected chi connectivity index (χ0v) is 15.1. The number of anilines is 1. The quantitative estimate of drug-likeness (QED) is 0.749. The Morgan fingerprint density at radius 2 is 1.81 bits per heavy atom. The van der Waals surface area contributed by atoms with Gasteiger partial charge in [0.1, 0.15) is 5.75 Å². The van der Waals surface area contributed by atoms with Crippen LogP contribution >= 0.6 is 0 Å². The van der Waals surface area contributed by atoms with Crippen LogP contribution in [0, 0.1) is 0 Å². The molecular formula is C21H24N2O3. The normalized spacial score (nSPS) is 14.2. The number of benzene rings is 2. The van der Waals surface area contributed by atoms with E-state index in [4.69, 9.17) is 4.74 Å². The van der Waals surface area contributed by atoms with Crippen molar-refractivity contribution in [2.45, 2.75) is 13.3 Å². The maximum atomic E-state index is 12.8. The molecule has 5 nitrogen and oxygen atoms in total. The first-order valence-corrected chi connectivity index (χ1v) is 9.04. The Labute approximate surface area is 154 Å². The van der Waals surface area contributed by atoms with Gasteiger partial charge >= 0.3 is 0 Å². The molecule has 136 valence electrons. The number of nitrogens with zero attached hydrogens (tertiary/aromatic N) is 2. The Morgan fingerprint density at radius 1 is 1.08 bits per heavy atom. The fourth-order valence-electron chi connectivity index (χ4n) is 3.11. The molecule has 1 saturated heterocycles. The first kappa shape index (κ1) is 18.0. The van der Waals surface area contributed by atoms with Gasteiger partial charge in [0.25, 0.3) is 5.91 Å². The molecule has 3 rings (SSSR count). The molecule has 1 fully saturated rings. The molecule has 1 amide bonds. The zero-order chi connectivity index (χ0) is 18.4. The highest BCUT2D eigenvalue weighted by molar-refractivity contribution is 5.96. The van der Waals surface area contributed by atoms with E-state index in [9.17, 15) is 9.59 Å². The zero-order valence-electron chi connectivity index (χ0n) is 15.1. The highest BCUT2D eigenvalue weighted by Crippen LogP contribution is 2.21. The lowest BCUT2D eigenvalue weighted by Crippen LogP contribution is -2.48. The van der Waals surface area contributed by atoms with Crippen LogP contribution in [0.4, 0.5) is 5.69 Å². The fraction of sp³-hybridized carbons (Fsp3) is 0.333. The van der Waals surface area contributed by atoms with E-state index in [1.807, 2.05) is 30.0 Å². The molecule has 0 aromatic heterocycles. The number of aldehydes is 1. The van der Waals surface area contributed by atoms with E-state index in [0.29, 0.717) is 36.6 Å². The van der Waals surface area contributed by atoms with Gasteiger partial charge in [0.15, 0.2) is 6.29 Å². The summed E-state index contributed by atoms with van der Waals surface area (Å²) in [4.78, 5) is 28.2. The fourth-order valence-corrected chi connectivity index (χ4v) is 3.11. The summed E-state index contributed by atoms with van der Waals surface area (Å²) in [5.74, 6) is 0.496. The molecule has 1 heterocycles. The summed E-state index contributed by atoms with van der Waals surface area (Å²) in [6.45, 7) is 5.49. The topological polar surface area (TPSA) is 49.9 Å². The van der Waals surface area contributed by atoms with E-state index in [0.717, 1.165) is 25.8 Å². The van der Waals surface area contributed by atoms with Crippen LogP contribution in [0.15, 0.2) is 48.5 Å². The average Bonchev–Trinajstić information content (AvgIpc) is 2.72. The smallest absolute Gasteiger partial charge is 0.254 e. The van der Waals surface area contributed by atoms with Gasteiger partial charge in [-0.15, -0.1) is 0 Å². The Morgan fingerprint density at radius 3 is 2.46 bits per heavy atom. The van der Waals surface area contributed by atoms with Crippen LogP contribution in [0.5, 0.6) is 5.75 Å². The molecule has 0 bridgehead atoms. The molecule has 0 N–H and O–H groups in total. The number of carbonyl (C=O) groups excluding carboxylic acids is 2. The number of piperazine rings is 1. The maximum absolute atomic E-state index is 12.8. The minimum Gasteiger partial charge on any atom is -0.493 e. The molecule has 1 aliphatic heterocycles. The lowest BCUT2D eigenvalue weighted by molar-refractivity contribution is 0.0746. The lowest BCUT2D eigenvalue weighted by atomic mass is 10.1. The van der Waals surface area contributed by atoms with Crippen molar-refractivity contribution in [3.8, 4) is 5.75 Å². The Bertz CT molecular complexity index is 753. The summed E-state index contributed by atoms with van der Waals surface area (Å²) in [6.07, 6.45) is 1.61. The number of carbonyl (C=O) groups is 2. The van der Waals surface area contributed by atoms with E-state index in [2.05, 4.69) is 17.0 Å². The molecule has 2 aromatic carbocycles. The number of ether oxygens (including phenoxy) is 1. The molecule has 26 heavy (non-hydrogen) atoms. The minimum atomic E-state index is -0.0390. The monoisotopic (exact) mass is 352 g/mol. The molecule has 0 radical (unpaired) electrons. The van der Waals surface area contributed by atoms with Crippen LogP contribution in [0.2, 0.25) is 0 Å². The number of rotatable bonds is 6. The summed E-state index contributed by atoms with van der Waals surface area (Å²) in [5.41, 5.74) is 2.14. The third kappa shape index (κ3) is 4.04. The number of para-hydroxylation sites is 1. The first-order valence-electron chi connectivity index (χ1n) is 9.04. The summed E-state index contributed by atoms with van der Waals surface area (Å²) in [5, 5.41) is 0. The van der Waals surface area contributed by atoms with Crippen LogP contribution < -0.4 is 9.64 Å². The van der Waals surface area contributed by atoms with Crippen LogP contribution in [-0.4, -0.2) is 49.9 Å². The van der Waals surface area contributed by atoms with Crippen LogP contribution in [-0.2, 0) is 0 Å². The van der Waals surface area contributed by atoms with Gasteiger partial charge in [-0.25, -0.2) is 0 Å². The van der Waals surface area contributed by atoms with Crippen LogP contribution in [0.25, 0.3) is 0 Å². The predicted octanol–water partition coefficient (Wildman–Crippen LogP) is 3.25. The van der Waals surface area contributed by atoms with E-state index in [1.165, 1.54) is 5.69 Å².